The molecule has 0 radical (unpaired) electrons. The summed E-state index contributed by atoms with van der Waals surface area (Å²) in [6.07, 6.45) is 0.174. The lowest BCUT2D eigenvalue weighted by Crippen LogP contribution is -2.55. The Labute approximate surface area is 217 Å². The zero-order chi connectivity index (χ0) is 28.0. The number of nitrogens with zero attached hydrogens (tertiary/aromatic N) is 2. The van der Waals surface area contributed by atoms with Crippen LogP contribution in [-0.2, 0) is 20.8 Å². The van der Waals surface area contributed by atoms with Crippen molar-refractivity contribution in [3.63, 3.8) is 0 Å². The minimum atomic E-state index is -2.09. The first-order chi connectivity index (χ1) is 18.1. The number of hydrogen-bond acceptors (Lipinski definition) is 8. The second kappa shape index (κ2) is 12.0. The number of rotatable bonds is 12. The van der Waals surface area contributed by atoms with Crippen molar-refractivity contribution in [2.45, 2.75) is 31.3 Å². The summed E-state index contributed by atoms with van der Waals surface area (Å²) in [5.74, 6) is -5.70. The number of ketones is 1. The molecule has 0 aliphatic heterocycles. The van der Waals surface area contributed by atoms with Gasteiger partial charge in [0.25, 0.3) is 0 Å². The van der Waals surface area contributed by atoms with Crippen molar-refractivity contribution >= 4 is 29.3 Å². The van der Waals surface area contributed by atoms with Crippen LogP contribution in [0.3, 0.4) is 0 Å². The summed E-state index contributed by atoms with van der Waals surface area (Å²) in [5.41, 5.74) is 11.8. The van der Waals surface area contributed by atoms with E-state index in [2.05, 4.69) is 0 Å². The van der Waals surface area contributed by atoms with Crippen LogP contribution >= 0.6 is 0 Å². The SMILES string of the molecule is NCCCc1cc(O)n(-c2cccc(C(=O)[C@@H](C(=O)O)N(C(=O)[C@@H](N)CC(=O)O)c3ccccc3)c2)c1O. The topological polar surface area (TPSA) is 209 Å². The number of Topliss-reactive ketones (excluding diaryl/α,β-unsaturated/α-hetero) is 1. The van der Waals surface area contributed by atoms with Gasteiger partial charge in [-0.2, -0.15) is 0 Å². The molecule has 0 bridgehead atoms. The molecule has 200 valence electrons. The van der Waals surface area contributed by atoms with Gasteiger partial charge in [0, 0.05) is 22.9 Å². The smallest absolute Gasteiger partial charge is 0.335 e. The highest BCUT2D eigenvalue weighted by Crippen LogP contribution is 2.33. The third-order valence-corrected chi connectivity index (χ3v) is 5.79. The first kappa shape index (κ1) is 27.9. The van der Waals surface area contributed by atoms with Crippen LogP contribution in [0.2, 0.25) is 0 Å². The van der Waals surface area contributed by atoms with E-state index < -0.39 is 42.1 Å². The summed E-state index contributed by atoms with van der Waals surface area (Å²) in [6.45, 7) is 0.374. The molecular formula is C26H28N4O8. The maximum atomic E-state index is 13.6. The molecule has 38 heavy (non-hydrogen) atoms. The largest absolute Gasteiger partial charge is 0.494 e. The molecule has 0 saturated carbocycles. The molecule has 3 rings (SSSR count). The van der Waals surface area contributed by atoms with Crippen molar-refractivity contribution in [3.05, 3.63) is 71.8 Å². The summed E-state index contributed by atoms with van der Waals surface area (Å²) in [5, 5.41) is 40.2. The van der Waals surface area contributed by atoms with E-state index in [1.54, 1.807) is 6.07 Å². The van der Waals surface area contributed by atoms with Crippen molar-refractivity contribution < 1.29 is 39.6 Å². The summed E-state index contributed by atoms with van der Waals surface area (Å²) in [4.78, 5) is 50.9. The number of aliphatic carboxylic acids is 2. The maximum Gasteiger partial charge on any atom is 0.335 e. The number of carboxylic acid groups (broad SMARTS) is 2. The summed E-state index contributed by atoms with van der Waals surface area (Å²) >= 11 is 0. The van der Waals surface area contributed by atoms with Crippen LogP contribution < -0.4 is 16.4 Å². The van der Waals surface area contributed by atoms with Crippen LogP contribution in [0.4, 0.5) is 5.69 Å². The molecule has 0 saturated heterocycles. The Balaban J connectivity index is 2.06. The Kier molecular flexibility index (Phi) is 8.84. The molecule has 0 fully saturated rings. The second-order valence-electron chi connectivity index (χ2n) is 8.48. The number of nitrogens with two attached hydrogens (primary N) is 2. The molecule has 0 spiro atoms. The van der Waals surface area contributed by atoms with Gasteiger partial charge in [-0.25, -0.2) is 4.79 Å². The van der Waals surface area contributed by atoms with Gasteiger partial charge in [-0.05, 0) is 43.7 Å². The maximum absolute atomic E-state index is 13.6. The van der Waals surface area contributed by atoms with E-state index in [-0.39, 0.29) is 28.7 Å². The predicted octanol–water partition coefficient (Wildman–Crippen LogP) is 1.25. The number of hydrogen-bond donors (Lipinski definition) is 6. The summed E-state index contributed by atoms with van der Waals surface area (Å²) in [6, 6.07) is 10.6. The number of aromatic hydroxyl groups is 2. The molecule has 0 aliphatic carbocycles. The number of amides is 1. The van der Waals surface area contributed by atoms with E-state index in [0.29, 0.717) is 29.8 Å². The Morgan fingerprint density at radius 3 is 2.24 bits per heavy atom. The zero-order valence-corrected chi connectivity index (χ0v) is 20.2. The normalized spacial score (nSPS) is 12.5. The fraction of sp³-hybridized carbons (Fsp3) is 0.231. The van der Waals surface area contributed by atoms with Crippen LogP contribution in [0, 0.1) is 0 Å². The molecule has 0 unspecified atom stereocenters. The molecule has 8 N–H and O–H groups in total. The van der Waals surface area contributed by atoms with Gasteiger partial charge < -0.3 is 31.9 Å². The molecule has 1 heterocycles. The summed E-state index contributed by atoms with van der Waals surface area (Å²) in [7, 11) is 0. The van der Waals surface area contributed by atoms with E-state index in [0.717, 1.165) is 4.57 Å². The number of aromatic nitrogens is 1. The minimum absolute atomic E-state index is 0.0282. The number of carboxylic acids is 2. The molecule has 2 aromatic carbocycles. The van der Waals surface area contributed by atoms with Crippen LogP contribution in [-0.4, -0.2) is 67.3 Å². The standard InChI is InChI=1S/C26H28N4O8/c27-11-5-7-16-13-20(31)29(24(16)35)18-10-4-6-15(12-18)23(34)22(26(37)38)30(17-8-2-1-3-9-17)25(36)19(28)14-21(32)33/h1-4,6,8-10,12-13,19,22,31,35H,5,7,11,14,27-28H2,(H,32,33)(H,37,38)/t19-,22-/m0/s1. The van der Waals surface area contributed by atoms with E-state index in [1.807, 2.05) is 0 Å². The fourth-order valence-corrected chi connectivity index (χ4v) is 4.01. The number of carbonyl (C=O) groups excluding carboxylic acids is 2. The van der Waals surface area contributed by atoms with Crippen LogP contribution in [0.15, 0.2) is 60.7 Å². The van der Waals surface area contributed by atoms with Crippen LogP contribution in [0.1, 0.15) is 28.8 Å². The van der Waals surface area contributed by atoms with Crippen molar-refractivity contribution in [2.24, 2.45) is 11.5 Å². The van der Waals surface area contributed by atoms with Crippen molar-refractivity contribution in [1.82, 2.24) is 4.57 Å². The summed E-state index contributed by atoms with van der Waals surface area (Å²) < 4.78 is 1.08. The molecule has 0 aliphatic rings. The second-order valence-corrected chi connectivity index (χ2v) is 8.48. The van der Waals surface area contributed by atoms with E-state index in [9.17, 15) is 34.5 Å². The van der Waals surface area contributed by atoms with Crippen molar-refractivity contribution in [3.8, 4) is 17.4 Å². The van der Waals surface area contributed by atoms with Crippen LogP contribution in [0.25, 0.3) is 5.69 Å². The Bertz CT molecular complexity index is 1340. The zero-order valence-electron chi connectivity index (χ0n) is 20.2. The van der Waals surface area contributed by atoms with Gasteiger partial charge in [0.1, 0.15) is 0 Å². The molecule has 2 atom stereocenters. The monoisotopic (exact) mass is 524 g/mol. The highest BCUT2D eigenvalue weighted by atomic mass is 16.4. The lowest BCUT2D eigenvalue weighted by atomic mass is 10.00. The van der Waals surface area contributed by atoms with Gasteiger partial charge in [0.05, 0.1) is 18.2 Å². The van der Waals surface area contributed by atoms with Gasteiger partial charge in [-0.1, -0.05) is 30.3 Å². The van der Waals surface area contributed by atoms with Crippen molar-refractivity contribution in [2.75, 3.05) is 11.4 Å². The number of carbonyl (C=O) groups is 4. The highest BCUT2D eigenvalue weighted by molar-refractivity contribution is 6.19. The fourth-order valence-electron chi connectivity index (χ4n) is 4.01. The number of anilines is 1. The van der Waals surface area contributed by atoms with E-state index in [4.69, 9.17) is 16.6 Å². The Morgan fingerprint density at radius 1 is 0.947 bits per heavy atom. The first-order valence-electron chi connectivity index (χ1n) is 11.6. The average molecular weight is 525 g/mol. The lowest BCUT2D eigenvalue weighted by Gasteiger charge is -2.30. The Hall–Kier alpha value is -4.68. The molecule has 1 aromatic heterocycles. The van der Waals surface area contributed by atoms with Crippen LogP contribution in [0.5, 0.6) is 11.8 Å². The third kappa shape index (κ3) is 5.99. The minimum Gasteiger partial charge on any atom is -0.494 e. The molecule has 1 amide bonds. The van der Waals surface area contributed by atoms with Gasteiger partial charge in [-0.3, -0.25) is 23.9 Å². The van der Waals surface area contributed by atoms with Gasteiger partial charge in [0.15, 0.2) is 17.7 Å². The van der Waals surface area contributed by atoms with Gasteiger partial charge in [-0.15, -0.1) is 0 Å². The Morgan fingerprint density at radius 2 is 1.63 bits per heavy atom. The average Bonchev–Trinajstić information content (AvgIpc) is 3.17. The van der Waals surface area contributed by atoms with Gasteiger partial charge in [0.2, 0.25) is 11.8 Å². The molecular weight excluding hydrogens is 496 g/mol. The molecule has 12 nitrogen and oxygen atoms in total. The third-order valence-electron chi connectivity index (χ3n) is 5.79. The number of para-hydroxylation sites is 1. The van der Waals surface area contributed by atoms with Crippen molar-refractivity contribution in [1.29, 1.82) is 0 Å². The quantitative estimate of drug-likeness (QED) is 0.147. The molecule has 3 aromatic rings. The highest BCUT2D eigenvalue weighted by Gasteiger charge is 2.40. The lowest BCUT2D eigenvalue weighted by molar-refractivity contribution is -0.140. The number of benzene rings is 2. The van der Waals surface area contributed by atoms with E-state index >= 15 is 0 Å². The predicted molar refractivity (Wildman–Crippen MR) is 136 cm³/mol. The first-order valence-corrected chi connectivity index (χ1v) is 11.6. The molecule has 12 heteroatoms. The van der Waals surface area contributed by atoms with Gasteiger partial charge >= 0.3 is 11.9 Å². The number of aryl methyl sites for hydroxylation is 1. The van der Waals surface area contributed by atoms with E-state index in [1.165, 1.54) is 54.6 Å².